The molecule has 27 heavy (non-hydrogen) atoms. The standard InChI is InChI=1S/C19H20ClN5O2/c1-11-9-25(10-12(2)27-11)17-6-3-13(7-21-17)19(26)23-16-5-4-15-14(18(16)20)8-22-24-15/h3-8,11-12H,9-10H2,1-2H3,(H,22,24)(H,23,26). The van der Waals surface area contributed by atoms with E-state index in [9.17, 15) is 4.79 Å². The van der Waals surface area contributed by atoms with Crippen molar-refractivity contribution in [3.05, 3.63) is 47.2 Å². The van der Waals surface area contributed by atoms with Crippen LogP contribution in [0, 0.1) is 0 Å². The molecular weight excluding hydrogens is 366 g/mol. The highest BCUT2D eigenvalue weighted by Crippen LogP contribution is 2.30. The molecule has 2 atom stereocenters. The highest BCUT2D eigenvalue weighted by Gasteiger charge is 2.23. The third-order valence-electron chi connectivity index (χ3n) is 4.56. The van der Waals surface area contributed by atoms with Gasteiger partial charge in [0.15, 0.2) is 0 Å². The number of morpholine rings is 1. The maximum Gasteiger partial charge on any atom is 0.257 e. The molecule has 0 spiro atoms. The first-order chi connectivity index (χ1) is 13.0. The van der Waals surface area contributed by atoms with Crippen molar-refractivity contribution in [2.75, 3.05) is 23.3 Å². The lowest BCUT2D eigenvalue weighted by molar-refractivity contribution is -0.00546. The summed E-state index contributed by atoms with van der Waals surface area (Å²) in [5, 5.41) is 10.9. The lowest BCUT2D eigenvalue weighted by atomic mass is 10.2. The van der Waals surface area contributed by atoms with E-state index in [1.54, 1.807) is 24.5 Å². The molecule has 1 aliphatic rings. The molecule has 7 nitrogen and oxygen atoms in total. The molecule has 4 rings (SSSR count). The first kappa shape index (κ1) is 17.8. The molecule has 0 aliphatic carbocycles. The van der Waals surface area contributed by atoms with Crippen LogP contribution in [-0.4, -0.2) is 46.4 Å². The van der Waals surface area contributed by atoms with E-state index in [0.29, 0.717) is 16.3 Å². The fraction of sp³-hybridized carbons (Fsp3) is 0.316. The Kier molecular flexibility index (Phi) is 4.72. The molecule has 1 aliphatic heterocycles. The zero-order chi connectivity index (χ0) is 19.0. The highest BCUT2D eigenvalue weighted by molar-refractivity contribution is 6.38. The van der Waals surface area contributed by atoms with Crippen LogP contribution in [0.4, 0.5) is 11.5 Å². The predicted octanol–water partition coefficient (Wildman–Crippen LogP) is 3.48. The predicted molar refractivity (Wildman–Crippen MR) is 106 cm³/mol. The van der Waals surface area contributed by atoms with Gasteiger partial charge in [-0.3, -0.25) is 9.89 Å². The number of rotatable bonds is 3. The summed E-state index contributed by atoms with van der Waals surface area (Å²) in [5.74, 6) is 0.578. The first-order valence-electron chi connectivity index (χ1n) is 8.80. The van der Waals surface area contributed by atoms with E-state index < -0.39 is 0 Å². The lowest BCUT2D eigenvalue weighted by Crippen LogP contribution is -2.45. The van der Waals surface area contributed by atoms with E-state index in [4.69, 9.17) is 16.3 Å². The van der Waals surface area contributed by atoms with Gasteiger partial charge in [0.25, 0.3) is 5.91 Å². The van der Waals surface area contributed by atoms with Crippen LogP contribution in [0.25, 0.3) is 10.9 Å². The summed E-state index contributed by atoms with van der Waals surface area (Å²) in [7, 11) is 0. The van der Waals surface area contributed by atoms with Crippen molar-refractivity contribution in [2.24, 2.45) is 0 Å². The molecule has 2 unspecified atom stereocenters. The van der Waals surface area contributed by atoms with Crippen molar-refractivity contribution in [3.8, 4) is 0 Å². The number of fused-ring (bicyclic) bond motifs is 1. The van der Waals surface area contributed by atoms with E-state index in [2.05, 4.69) is 25.4 Å². The van der Waals surface area contributed by atoms with Gasteiger partial charge in [-0.15, -0.1) is 0 Å². The Bertz CT molecular complexity index is 962. The van der Waals surface area contributed by atoms with Crippen molar-refractivity contribution in [3.63, 3.8) is 0 Å². The number of hydrogen-bond donors (Lipinski definition) is 2. The smallest absolute Gasteiger partial charge is 0.257 e. The van der Waals surface area contributed by atoms with Crippen molar-refractivity contribution >= 4 is 39.9 Å². The third kappa shape index (κ3) is 3.61. The minimum atomic E-state index is -0.262. The fourth-order valence-corrected chi connectivity index (χ4v) is 3.61. The van der Waals surface area contributed by atoms with Gasteiger partial charge >= 0.3 is 0 Å². The monoisotopic (exact) mass is 385 g/mol. The molecule has 2 aromatic heterocycles. The van der Waals surface area contributed by atoms with Crippen LogP contribution in [0.3, 0.4) is 0 Å². The number of ether oxygens (including phenoxy) is 1. The molecular formula is C19H20ClN5O2. The van der Waals surface area contributed by atoms with Crippen LogP contribution in [0.5, 0.6) is 0 Å². The van der Waals surface area contributed by atoms with Crippen LogP contribution in [0.15, 0.2) is 36.7 Å². The molecule has 1 amide bonds. The third-order valence-corrected chi connectivity index (χ3v) is 4.97. The molecule has 2 N–H and O–H groups in total. The number of aromatic nitrogens is 3. The van der Waals surface area contributed by atoms with Gasteiger partial charge in [0.1, 0.15) is 5.82 Å². The minimum absolute atomic E-state index is 0.151. The average molecular weight is 386 g/mol. The summed E-state index contributed by atoms with van der Waals surface area (Å²) in [6.45, 7) is 5.66. The van der Waals surface area contributed by atoms with E-state index in [1.807, 2.05) is 26.0 Å². The fourth-order valence-electron chi connectivity index (χ4n) is 3.35. The number of halogens is 1. The second kappa shape index (κ2) is 7.17. The van der Waals surface area contributed by atoms with Crippen LogP contribution in [0.1, 0.15) is 24.2 Å². The van der Waals surface area contributed by atoms with Crippen LogP contribution < -0.4 is 10.2 Å². The normalized spacial score (nSPS) is 20.0. The second-order valence-corrected chi connectivity index (χ2v) is 7.16. The molecule has 0 saturated carbocycles. The molecule has 1 fully saturated rings. The van der Waals surface area contributed by atoms with Crippen molar-refractivity contribution in [2.45, 2.75) is 26.1 Å². The van der Waals surface area contributed by atoms with Gasteiger partial charge in [-0.1, -0.05) is 11.6 Å². The number of nitrogens with one attached hydrogen (secondary N) is 2. The Hall–Kier alpha value is -2.64. The number of amides is 1. The topological polar surface area (TPSA) is 83.1 Å². The van der Waals surface area contributed by atoms with E-state index in [-0.39, 0.29) is 18.1 Å². The van der Waals surface area contributed by atoms with Gasteiger partial charge in [-0.2, -0.15) is 5.10 Å². The van der Waals surface area contributed by atoms with E-state index >= 15 is 0 Å². The summed E-state index contributed by atoms with van der Waals surface area (Å²) in [4.78, 5) is 19.2. The molecule has 0 radical (unpaired) electrons. The largest absolute Gasteiger partial charge is 0.372 e. The number of anilines is 2. The summed E-state index contributed by atoms with van der Waals surface area (Å²) in [5.41, 5.74) is 1.82. The quantitative estimate of drug-likeness (QED) is 0.721. The zero-order valence-electron chi connectivity index (χ0n) is 15.1. The van der Waals surface area contributed by atoms with Gasteiger partial charge in [0.2, 0.25) is 0 Å². The summed E-state index contributed by atoms with van der Waals surface area (Å²) >= 11 is 6.36. The number of carbonyl (C=O) groups excluding carboxylic acids is 1. The van der Waals surface area contributed by atoms with Gasteiger partial charge < -0.3 is 15.0 Å². The molecule has 0 bridgehead atoms. The average Bonchev–Trinajstić information content (AvgIpc) is 3.13. The van der Waals surface area contributed by atoms with Gasteiger partial charge in [0.05, 0.1) is 40.2 Å². The number of H-pyrrole nitrogens is 1. The molecule has 8 heteroatoms. The number of pyridine rings is 1. The first-order valence-corrected chi connectivity index (χ1v) is 9.18. The molecule has 1 saturated heterocycles. The van der Waals surface area contributed by atoms with Crippen LogP contribution in [0.2, 0.25) is 5.02 Å². The van der Waals surface area contributed by atoms with Crippen molar-refractivity contribution < 1.29 is 9.53 Å². The number of hydrogen-bond acceptors (Lipinski definition) is 5. The second-order valence-electron chi connectivity index (χ2n) is 6.78. The number of nitrogens with zero attached hydrogens (tertiary/aromatic N) is 3. The Labute approximate surface area is 161 Å². The Morgan fingerprint density at radius 3 is 2.70 bits per heavy atom. The molecule has 3 aromatic rings. The summed E-state index contributed by atoms with van der Waals surface area (Å²) in [6, 6.07) is 7.21. The van der Waals surface area contributed by atoms with Crippen LogP contribution in [-0.2, 0) is 4.74 Å². The molecule has 140 valence electrons. The van der Waals surface area contributed by atoms with Crippen molar-refractivity contribution in [1.29, 1.82) is 0 Å². The van der Waals surface area contributed by atoms with E-state index in [1.165, 1.54) is 0 Å². The van der Waals surface area contributed by atoms with Gasteiger partial charge in [0, 0.05) is 24.7 Å². The minimum Gasteiger partial charge on any atom is -0.372 e. The molecule has 1 aromatic carbocycles. The number of aromatic amines is 1. The van der Waals surface area contributed by atoms with Gasteiger partial charge in [-0.05, 0) is 38.1 Å². The Morgan fingerprint density at radius 1 is 1.22 bits per heavy atom. The van der Waals surface area contributed by atoms with E-state index in [0.717, 1.165) is 29.8 Å². The SMILES string of the molecule is CC1CN(c2ccc(C(=O)Nc3ccc4[nH]ncc4c3Cl)cn2)CC(C)O1. The van der Waals surface area contributed by atoms with Gasteiger partial charge in [-0.25, -0.2) is 4.98 Å². The zero-order valence-corrected chi connectivity index (χ0v) is 15.8. The maximum absolute atomic E-state index is 12.6. The Balaban J connectivity index is 1.49. The number of benzene rings is 1. The maximum atomic E-state index is 12.6. The summed E-state index contributed by atoms with van der Waals surface area (Å²) < 4.78 is 5.75. The Morgan fingerprint density at radius 2 is 2.00 bits per heavy atom. The highest BCUT2D eigenvalue weighted by atomic mass is 35.5. The summed E-state index contributed by atoms with van der Waals surface area (Å²) in [6.07, 6.45) is 3.52. The van der Waals surface area contributed by atoms with Crippen LogP contribution >= 0.6 is 11.6 Å². The lowest BCUT2D eigenvalue weighted by Gasteiger charge is -2.36. The molecule has 3 heterocycles. The van der Waals surface area contributed by atoms with Crippen molar-refractivity contribution in [1.82, 2.24) is 15.2 Å². The number of carbonyl (C=O) groups is 1.